The average Bonchev–Trinajstić information content (AvgIpc) is 3.02. The summed E-state index contributed by atoms with van der Waals surface area (Å²) < 4.78 is 19.0. The smallest absolute Gasteiger partial charge is 0.264 e. The molecule has 0 fully saturated rings. The van der Waals surface area contributed by atoms with Crippen LogP contribution in [0.15, 0.2) is 48.5 Å². The molecule has 24 heavy (non-hydrogen) atoms. The van der Waals surface area contributed by atoms with E-state index in [0.29, 0.717) is 24.2 Å². The number of aliphatic hydroxyl groups excluding tert-OH is 1. The highest BCUT2D eigenvalue weighted by molar-refractivity contribution is 5.83. The number of likely N-dealkylation sites (N-methyl/N-ethyl adjacent to an activating group) is 1. The molecule has 0 aliphatic carbocycles. The molecule has 1 N–H and O–H groups in total. The van der Waals surface area contributed by atoms with Crippen LogP contribution in [0.1, 0.15) is 23.6 Å². The Kier molecular flexibility index (Phi) is 4.81. The molecule has 1 amide bonds. The van der Waals surface area contributed by atoms with Crippen molar-refractivity contribution in [2.75, 3.05) is 13.7 Å². The summed E-state index contributed by atoms with van der Waals surface area (Å²) in [6, 6.07) is 13.7. The number of rotatable bonds is 5. The van der Waals surface area contributed by atoms with E-state index in [1.165, 1.54) is 12.1 Å². The summed E-state index contributed by atoms with van der Waals surface area (Å²) in [4.78, 5) is 14.4. The molecule has 1 aliphatic heterocycles. The summed E-state index contributed by atoms with van der Waals surface area (Å²) in [5, 5.41) is 9.36. The fourth-order valence-corrected chi connectivity index (χ4v) is 3.12. The molecule has 0 saturated carbocycles. The van der Waals surface area contributed by atoms with Gasteiger partial charge in [-0.15, -0.1) is 0 Å². The molecule has 126 valence electrons. The predicted octanol–water partition coefficient (Wildman–Crippen LogP) is 2.71. The molecule has 3 rings (SSSR count). The number of carbonyl (C=O) groups excluding carboxylic acids is 1. The molecule has 2 aromatic rings. The molecule has 0 aromatic heterocycles. The first-order valence-corrected chi connectivity index (χ1v) is 7.97. The third-order valence-electron chi connectivity index (χ3n) is 4.37. The van der Waals surface area contributed by atoms with Gasteiger partial charge in [-0.2, -0.15) is 0 Å². The van der Waals surface area contributed by atoms with Crippen molar-refractivity contribution in [1.29, 1.82) is 0 Å². The van der Waals surface area contributed by atoms with Gasteiger partial charge < -0.3 is 14.7 Å². The first-order chi connectivity index (χ1) is 11.6. The van der Waals surface area contributed by atoms with Gasteiger partial charge in [0.15, 0.2) is 6.10 Å². The Morgan fingerprint density at radius 2 is 2.08 bits per heavy atom. The van der Waals surface area contributed by atoms with Crippen molar-refractivity contribution < 1.29 is 19.0 Å². The van der Waals surface area contributed by atoms with Crippen LogP contribution in [0.5, 0.6) is 5.75 Å². The maximum Gasteiger partial charge on any atom is 0.264 e. The third-order valence-corrected chi connectivity index (χ3v) is 4.37. The number of hydrogen-bond donors (Lipinski definition) is 1. The van der Waals surface area contributed by atoms with Crippen molar-refractivity contribution in [3.05, 3.63) is 65.5 Å². The highest BCUT2D eigenvalue weighted by Crippen LogP contribution is 2.31. The molecular formula is C19H20FNO3. The molecule has 0 spiro atoms. The minimum Gasteiger partial charge on any atom is -0.480 e. The van der Waals surface area contributed by atoms with Crippen LogP contribution >= 0.6 is 0 Å². The van der Waals surface area contributed by atoms with E-state index in [0.717, 1.165) is 5.56 Å². The zero-order chi connectivity index (χ0) is 17.1. The van der Waals surface area contributed by atoms with Crippen molar-refractivity contribution in [2.24, 2.45) is 0 Å². The van der Waals surface area contributed by atoms with E-state index < -0.39 is 6.10 Å². The molecule has 2 aromatic carbocycles. The zero-order valence-electron chi connectivity index (χ0n) is 13.5. The molecule has 5 heteroatoms. The second-order valence-corrected chi connectivity index (χ2v) is 5.95. The number of amides is 1. The Hall–Kier alpha value is -2.40. The van der Waals surface area contributed by atoms with Gasteiger partial charge in [0.2, 0.25) is 0 Å². The number of fused-ring (bicyclic) bond motifs is 1. The average molecular weight is 329 g/mol. The van der Waals surface area contributed by atoms with Crippen molar-refractivity contribution >= 4 is 5.91 Å². The summed E-state index contributed by atoms with van der Waals surface area (Å²) in [5.41, 5.74) is 1.67. The third kappa shape index (κ3) is 3.26. The Bertz CT molecular complexity index is 720. The van der Waals surface area contributed by atoms with E-state index in [1.807, 2.05) is 30.3 Å². The molecule has 4 nitrogen and oxygen atoms in total. The van der Waals surface area contributed by atoms with E-state index in [1.54, 1.807) is 18.0 Å². The molecular weight excluding hydrogens is 309 g/mol. The van der Waals surface area contributed by atoms with Crippen molar-refractivity contribution in [3.63, 3.8) is 0 Å². The van der Waals surface area contributed by atoms with Gasteiger partial charge in [0.25, 0.3) is 5.91 Å². The van der Waals surface area contributed by atoms with Crippen LogP contribution in [-0.4, -0.2) is 35.7 Å². The standard InChI is InChI=1S/C19H20FNO3/c1-21(16(9-10-22)13-5-3-2-4-6-13)19(23)18-12-14-11-15(20)7-8-17(14)24-18/h2-8,11,16,18,22H,9-10,12H2,1H3. The summed E-state index contributed by atoms with van der Waals surface area (Å²) in [6.45, 7) is -0.0197. The van der Waals surface area contributed by atoms with Crippen LogP contribution in [0.4, 0.5) is 4.39 Å². The lowest BCUT2D eigenvalue weighted by molar-refractivity contribution is -0.139. The molecule has 0 radical (unpaired) electrons. The maximum atomic E-state index is 13.3. The van der Waals surface area contributed by atoms with Crippen LogP contribution in [0.3, 0.4) is 0 Å². The number of hydrogen-bond acceptors (Lipinski definition) is 3. The van der Waals surface area contributed by atoms with Gasteiger partial charge in [-0.25, -0.2) is 4.39 Å². The van der Waals surface area contributed by atoms with Gasteiger partial charge in [0.05, 0.1) is 6.04 Å². The summed E-state index contributed by atoms with van der Waals surface area (Å²) in [6.07, 6.45) is 0.147. The van der Waals surface area contributed by atoms with Crippen molar-refractivity contribution in [2.45, 2.75) is 25.0 Å². The van der Waals surface area contributed by atoms with E-state index in [4.69, 9.17) is 4.74 Å². The highest BCUT2D eigenvalue weighted by atomic mass is 19.1. The van der Waals surface area contributed by atoms with Gasteiger partial charge in [-0.05, 0) is 30.2 Å². The SMILES string of the molecule is CN(C(=O)C1Cc2cc(F)ccc2O1)C(CCO)c1ccccc1. The first-order valence-electron chi connectivity index (χ1n) is 7.97. The molecule has 1 aliphatic rings. The van der Waals surface area contributed by atoms with Crippen LogP contribution in [0.2, 0.25) is 0 Å². The van der Waals surface area contributed by atoms with Crippen LogP contribution in [0.25, 0.3) is 0 Å². The maximum absolute atomic E-state index is 13.3. The lowest BCUT2D eigenvalue weighted by Gasteiger charge is -2.30. The summed E-state index contributed by atoms with van der Waals surface area (Å²) in [7, 11) is 1.71. The first kappa shape index (κ1) is 16.5. The van der Waals surface area contributed by atoms with Gasteiger partial charge in [0.1, 0.15) is 11.6 Å². The van der Waals surface area contributed by atoms with E-state index >= 15 is 0 Å². The number of carbonyl (C=O) groups is 1. The number of benzene rings is 2. The van der Waals surface area contributed by atoms with Crippen molar-refractivity contribution in [3.8, 4) is 5.75 Å². The summed E-state index contributed by atoms with van der Waals surface area (Å²) >= 11 is 0. The molecule has 0 bridgehead atoms. The van der Waals surface area contributed by atoms with Gasteiger partial charge in [-0.3, -0.25) is 4.79 Å². The number of ether oxygens (including phenoxy) is 1. The van der Waals surface area contributed by atoms with Gasteiger partial charge >= 0.3 is 0 Å². The minimum atomic E-state index is -0.656. The van der Waals surface area contributed by atoms with Gasteiger partial charge in [-0.1, -0.05) is 30.3 Å². The number of aliphatic hydroxyl groups is 1. The molecule has 2 unspecified atom stereocenters. The Morgan fingerprint density at radius 1 is 1.33 bits per heavy atom. The van der Waals surface area contributed by atoms with Gasteiger partial charge in [0, 0.05) is 25.6 Å². The monoisotopic (exact) mass is 329 g/mol. The Morgan fingerprint density at radius 3 is 2.79 bits per heavy atom. The van der Waals surface area contributed by atoms with E-state index in [-0.39, 0.29) is 24.4 Å². The van der Waals surface area contributed by atoms with Crippen LogP contribution in [0, 0.1) is 5.82 Å². The summed E-state index contributed by atoms with van der Waals surface area (Å²) in [5.74, 6) is 0.0525. The Labute approximate surface area is 140 Å². The number of nitrogens with zero attached hydrogens (tertiary/aromatic N) is 1. The normalized spacial score (nSPS) is 17.0. The minimum absolute atomic E-state index is 0.0197. The fraction of sp³-hybridized carbons (Fsp3) is 0.316. The van der Waals surface area contributed by atoms with E-state index in [2.05, 4.69) is 0 Å². The highest BCUT2D eigenvalue weighted by Gasteiger charge is 2.34. The molecule has 1 heterocycles. The lowest BCUT2D eigenvalue weighted by Crippen LogP contribution is -2.41. The van der Waals surface area contributed by atoms with Crippen LogP contribution < -0.4 is 4.74 Å². The second kappa shape index (κ2) is 7.01. The largest absolute Gasteiger partial charge is 0.480 e. The Balaban J connectivity index is 1.76. The zero-order valence-corrected chi connectivity index (χ0v) is 13.5. The van der Waals surface area contributed by atoms with E-state index in [9.17, 15) is 14.3 Å². The van der Waals surface area contributed by atoms with Crippen molar-refractivity contribution in [1.82, 2.24) is 4.90 Å². The quantitative estimate of drug-likeness (QED) is 0.917. The van der Waals surface area contributed by atoms with Crippen LogP contribution in [-0.2, 0) is 11.2 Å². The molecule has 2 atom stereocenters. The predicted molar refractivity (Wildman–Crippen MR) is 88.2 cm³/mol. The number of halogens is 1. The second-order valence-electron chi connectivity index (χ2n) is 5.95. The lowest BCUT2D eigenvalue weighted by atomic mass is 10.0. The molecule has 0 saturated heterocycles. The topological polar surface area (TPSA) is 49.8 Å². The fourth-order valence-electron chi connectivity index (χ4n) is 3.12.